The molecule has 1 heterocycles. The second kappa shape index (κ2) is 14.3. The molecule has 0 saturated carbocycles. The molecular formula is C17H28Cl2N2O4. The van der Waals surface area contributed by atoms with E-state index in [0.717, 1.165) is 12.1 Å². The maximum Gasteiger partial charge on any atom is 0.245 e. The van der Waals surface area contributed by atoms with Crippen molar-refractivity contribution >= 4 is 29.1 Å². The van der Waals surface area contributed by atoms with Gasteiger partial charge in [0.1, 0.15) is 12.7 Å². The Bertz CT molecular complexity index is 504. The SMILES string of the molecule is CC.CNC(=O)COC.OC1CNCCOC1c1ccc(Cl)c(Cl)c1. The van der Waals surface area contributed by atoms with Gasteiger partial charge in [-0.15, -0.1) is 0 Å². The van der Waals surface area contributed by atoms with Gasteiger partial charge in [-0.25, -0.2) is 0 Å². The molecule has 1 aromatic rings. The first-order valence-electron chi connectivity index (χ1n) is 8.14. The largest absolute Gasteiger partial charge is 0.389 e. The van der Waals surface area contributed by atoms with E-state index < -0.39 is 6.10 Å². The number of likely N-dealkylation sites (N-methyl/N-ethyl adjacent to an activating group) is 1. The molecule has 1 aromatic carbocycles. The Labute approximate surface area is 159 Å². The van der Waals surface area contributed by atoms with Crippen LogP contribution in [0.15, 0.2) is 18.2 Å². The number of methoxy groups -OCH3 is 1. The molecule has 2 atom stereocenters. The number of halogens is 2. The molecule has 2 unspecified atom stereocenters. The van der Waals surface area contributed by atoms with E-state index in [2.05, 4.69) is 15.4 Å². The van der Waals surface area contributed by atoms with Crippen molar-refractivity contribution in [2.24, 2.45) is 0 Å². The molecule has 1 amide bonds. The van der Waals surface area contributed by atoms with Gasteiger partial charge in [-0.2, -0.15) is 0 Å². The van der Waals surface area contributed by atoms with E-state index in [-0.39, 0.29) is 18.6 Å². The van der Waals surface area contributed by atoms with Gasteiger partial charge in [-0.1, -0.05) is 43.1 Å². The number of aliphatic hydroxyl groups excluding tert-OH is 1. The van der Waals surface area contributed by atoms with E-state index in [9.17, 15) is 9.90 Å². The molecule has 0 spiro atoms. The van der Waals surface area contributed by atoms with Gasteiger partial charge >= 0.3 is 0 Å². The predicted octanol–water partition coefficient (Wildman–Crippen LogP) is 2.42. The fraction of sp³-hybridized carbons (Fsp3) is 0.588. The fourth-order valence-electron chi connectivity index (χ4n) is 1.94. The summed E-state index contributed by atoms with van der Waals surface area (Å²) in [4.78, 5) is 10.2. The molecule has 1 saturated heterocycles. The number of rotatable bonds is 3. The second-order valence-electron chi connectivity index (χ2n) is 4.84. The van der Waals surface area contributed by atoms with Gasteiger partial charge in [0.2, 0.25) is 5.91 Å². The summed E-state index contributed by atoms with van der Waals surface area (Å²) in [6.45, 7) is 5.98. The number of hydrogen-bond acceptors (Lipinski definition) is 5. The minimum Gasteiger partial charge on any atom is -0.389 e. The van der Waals surface area contributed by atoms with Gasteiger partial charge in [-0.3, -0.25) is 4.79 Å². The van der Waals surface area contributed by atoms with E-state index >= 15 is 0 Å². The summed E-state index contributed by atoms with van der Waals surface area (Å²) in [5.41, 5.74) is 0.852. The number of carbonyl (C=O) groups is 1. The van der Waals surface area contributed by atoms with E-state index in [1.54, 1.807) is 19.2 Å². The van der Waals surface area contributed by atoms with Crippen LogP contribution in [0.2, 0.25) is 10.0 Å². The number of nitrogens with one attached hydrogen (secondary N) is 2. The summed E-state index contributed by atoms with van der Waals surface area (Å²) >= 11 is 11.8. The zero-order valence-corrected chi connectivity index (χ0v) is 16.7. The van der Waals surface area contributed by atoms with Crippen molar-refractivity contribution in [2.45, 2.75) is 26.1 Å². The van der Waals surface area contributed by atoms with Gasteiger partial charge in [0.15, 0.2) is 0 Å². The first-order chi connectivity index (χ1) is 12.0. The van der Waals surface area contributed by atoms with E-state index in [1.165, 1.54) is 7.11 Å². The van der Waals surface area contributed by atoms with Crippen LogP contribution in [-0.2, 0) is 14.3 Å². The lowest BCUT2D eigenvalue weighted by Crippen LogP contribution is -2.28. The summed E-state index contributed by atoms with van der Waals surface area (Å²) in [7, 11) is 3.05. The molecular weight excluding hydrogens is 367 g/mol. The third-order valence-electron chi connectivity index (χ3n) is 3.11. The molecule has 0 radical (unpaired) electrons. The average Bonchev–Trinajstić information content (AvgIpc) is 2.84. The van der Waals surface area contributed by atoms with Crippen molar-refractivity contribution < 1.29 is 19.4 Å². The summed E-state index contributed by atoms with van der Waals surface area (Å²) < 4.78 is 10.1. The molecule has 0 aromatic heterocycles. The van der Waals surface area contributed by atoms with Gasteiger partial charge < -0.3 is 25.2 Å². The number of ether oxygens (including phenoxy) is 2. The monoisotopic (exact) mass is 394 g/mol. The van der Waals surface area contributed by atoms with Crippen molar-refractivity contribution in [3.05, 3.63) is 33.8 Å². The summed E-state index contributed by atoms with van der Waals surface area (Å²) in [5.74, 6) is -0.0949. The van der Waals surface area contributed by atoms with Crippen LogP contribution < -0.4 is 10.6 Å². The molecule has 0 aliphatic carbocycles. The molecule has 2 rings (SSSR count). The zero-order valence-electron chi connectivity index (χ0n) is 15.1. The van der Waals surface area contributed by atoms with E-state index in [0.29, 0.717) is 23.2 Å². The highest BCUT2D eigenvalue weighted by atomic mass is 35.5. The first-order valence-corrected chi connectivity index (χ1v) is 8.90. The van der Waals surface area contributed by atoms with Gasteiger partial charge in [-0.05, 0) is 17.7 Å². The molecule has 1 aliphatic heterocycles. The van der Waals surface area contributed by atoms with Crippen molar-refractivity contribution in [3.8, 4) is 0 Å². The maximum absolute atomic E-state index is 10.2. The van der Waals surface area contributed by atoms with Gasteiger partial charge in [0, 0.05) is 27.2 Å². The van der Waals surface area contributed by atoms with Crippen LogP contribution in [0.4, 0.5) is 0 Å². The van der Waals surface area contributed by atoms with Gasteiger partial charge in [0.25, 0.3) is 0 Å². The lowest BCUT2D eigenvalue weighted by atomic mass is 10.0. The van der Waals surface area contributed by atoms with Crippen LogP contribution in [0.3, 0.4) is 0 Å². The third-order valence-corrected chi connectivity index (χ3v) is 3.84. The molecule has 6 nitrogen and oxygen atoms in total. The summed E-state index contributed by atoms with van der Waals surface area (Å²) in [6.07, 6.45) is -0.912. The summed E-state index contributed by atoms with van der Waals surface area (Å²) in [6, 6.07) is 5.28. The Hall–Kier alpha value is -0.890. The number of aliphatic hydroxyl groups is 1. The van der Waals surface area contributed by atoms with Crippen LogP contribution in [0.1, 0.15) is 25.5 Å². The zero-order chi connectivity index (χ0) is 19.2. The standard InChI is InChI=1S/C11H13Cl2NO2.C4H9NO2.C2H6/c12-8-2-1-7(5-9(8)13)11-10(15)6-14-3-4-16-11;1-5-4(6)3-7-2;1-2/h1-2,5,10-11,14-15H,3-4,6H2;3H2,1-2H3,(H,5,6);1-2H3. The molecule has 0 bridgehead atoms. The highest BCUT2D eigenvalue weighted by Crippen LogP contribution is 2.29. The van der Waals surface area contributed by atoms with Crippen LogP contribution in [0.5, 0.6) is 0 Å². The Morgan fingerprint density at radius 3 is 2.60 bits per heavy atom. The molecule has 1 aliphatic rings. The topological polar surface area (TPSA) is 79.8 Å². The lowest BCUT2D eigenvalue weighted by Gasteiger charge is -2.20. The molecule has 1 fully saturated rings. The number of amides is 1. The highest BCUT2D eigenvalue weighted by Gasteiger charge is 2.24. The maximum atomic E-state index is 10.2. The van der Waals surface area contributed by atoms with Crippen molar-refractivity contribution in [1.82, 2.24) is 10.6 Å². The summed E-state index contributed by atoms with van der Waals surface area (Å²) in [5, 5.41) is 16.4. The van der Waals surface area contributed by atoms with Crippen LogP contribution in [-0.4, -0.2) is 57.6 Å². The Morgan fingerprint density at radius 1 is 1.40 bits per heavy atom. The Morgan fingerprint density at radius 2 is 2.08 bits per heavy atom. The third kappa shape index (κ3) is 9.39. The first kappa shape index (κ1) is 24.1. The van der Waals surface area contributed by atoms with E-state index in [1.807, 2.05) is 19.9 Å². The molecule has 25 heavy (non-hydrogen) atoms. The molecule has 8 heteroatoms. The minimum absolute atomic E-state index is 0.0949. The number of carbonyl (C=O) groups excluding carboxylic acids is 1. The minimum atomic E-state index is -0.570. The van der Waals surface area contributed by atoms with Gasteiger partial charge in [0.05, 0.1) is 22.8 Å². The van der Waals surface area contributed by atoms with Crippen LogP contribution in [0.25, 0.3) is 0 Å². The fourth-order valence-corrected chi connectivity index (χ4v) is 2.24. The Balaban J connectivity index is 0.000000544. The average molecular weight is 395 g/mol. The normalized spacial score (nSPS) is 19.5. The predicted molar refractivity (Wildman–Crippen MR) is 101 cm³/mol. The molecule has 144 valence electrons. The number of β-amino-alcohol motifs (C(OH)–C–C–N with tert-alkyl or cyclic N) is 1. The second-order valence-corrected chi connectivity index (χ2v) is 5.66. The molecule has 3 N–H and O–H groups in total. The van der Waals surface area contributed by atoms with Crippen molar-refractivity contribution in [3.63, 3.8) is 0 Å². The van der Waals surface area contributed by atoms with Crippen LogP contribution in [0, 0.1) is 0 Å². The lowest BCUT2D eigenvalue weighted by molar-refractivity contribution is -0.124. The Kier molecular flexibility index (Phi) is 13.8. The smallest absolute Gasteiger partial charge is 0.245 e. The van der Waals surface area contributed by atoms with Crippen molar-refractivity contribution in [2.75, 3.05) is 40.5 Å². The van der Waals surface area contributed by atoms with Crippen molar-refractivity contribution in [1.29, 1.82) is 0 Å². The van der Waals surface area contributed by atoms with E-state index in [4.69, 9.17) is 27.9 Å². The quantitative estimate of drug-likeness (QED) is 0.733. The number of benzene rings is 1. The highest BCUT2D eigenvalue weighted by molar-refractivity contribution is 6.42. The van der Waals surface area contributed by atoms with Crippen LogP contribution >= 0.6 is 23.2 Å². The number of hydrogen-bond donors (Lipinski definition) is 3.